The lowest BCUT2D eigenvalue weighted by Crippen LogP contribution is -2.14. The number of nitrogens with one attached hydrogen (secondary N) is 1. The van der Waals surface area contributed by atoms with Crippen molar-refractivity contribution >= 4 is 11.6 Å². The molecular formula is C22H21FN2O3. The molecule has 28 heavy (non-hydrogen) atoms. The first kappa shape index (κ1) is 19.4. The maximum absolute atomic E-state index is 13.1. The van der Waals surface area contributed by atoms with Gasteiger partial charge >= 0.3 is 0 Å². The molecule has 1 aromatic heterocycles. The molecule has 1 N–H and O–H groups in total. The van der Waals surface area contributed by atoms with Crippen molar-refractivity contribution in [2.24, 2.45) is 0 Å². The zero-order valence-corrected chi connectivity index (χ0v) is 15.7. The molecule has 0 spiro atoms. The molecule has 144 valence electrons. The zero-order valence-electron chi connectivity index (χ0n) is 15.7. The van der Waals surface area contributed by atoms with Gasteiger partial charge in [-0.25, -0.2) is 4.98 Å². The lowest BCUT2D eigenvalue weighted by molar-refractivity contribution is 0.102. The highest BCUT2D eigenvalue weighted by Gasteiger charge is 2.11. The van der Waals surface area contributed by atoms with Gasteiger partial charge in [-0.3, -0.25) is 4.79 Å². The molecule has 0 atom stereocenters. The van der Waals surface area contributed by atoms with Gasteiger partial charge in [0.15, 0.2) is 0 Å². The van der Waals surface area contributed by atoms with Crippen molar-refractivity contribution in [2.75, 3.05) is 11.9 Å². The summed E-state index contributed by atoms with van der Waals surface area (Å²) in [6.45, 7) is 4.33. The quantitative estimate of drug-likeness (QED) is 0.560. The number of nitrogens with zero attached hydrogens (tertiary/aromatic N) is 1. The van der Waals surface area contributed by atoms with E-state index >= 15 is 0 Å². The van der Waals surface area contributed by atoms with E-state index < -0.39 is 5.95 Å². The standard InChI is InChI=1S/C22H21FN2O3/c1-3-14-27-17-8-10-19(11-9-17)28-18-6-4-16(5-7-18)25-22(26)20-12-13-21(23)24-15(20)2/h4-13H,3,14H2,1-2H3,(H,25,26). The van der Waals surface area contributed by atoms with E-state index in [2.05, 4.69) is 17.2 Å². The Labute approximate surface area is 163 Å². The fraction of sp³-hybridized carbons (Fsp3) is 0.182. The monoisotopic (exact) mass is 380 g/mol. The maximum atomic E-state index is 13.1. The van der Waals surface area contributed by atoms with Crippen molar-refractivity contribution in [1.82, 2.24) is 4.98 Å². The minimum Gasteiger partial charge on any atom is -0.494 e. The number of carbonyl (C=O) groups excluding carboxylic acids is 1. The molecule has 0 bridgehead atoms. The van der Waals surface area contributed by atoms with Crippen LogP contribution in [0.5, 0.6) is 17.2 Å². The smallest absolute Gasteiger partial charge is 0.257 e. The summed E-state index contributed by atoms with van der Waals surface area (Å²) in [4.78, 5) is 16.0. The number of aryl methyl sites for hydroxylation is 1. The lowest BCUT2D eigenvalue weighted by Gasteiger charge is -2.10. The van der Waals surface area contributed by atoms with E-state index in [-0.39, 0.29) is 5.91 Å². The van der Waals surface area contributed by atoms with Gasteiger partial charge in [0.05, 0.1) is 17.9 Å². The minimum absolute atomic E-state index is 0.326. The molecule has 2 aromatic carbocycles. The Morgan fingerprint density at radius 1 is 0.964 bits per heavy atom. The van der Waals surface area contributed by atoms with Gasteiger partial charge in [0.1, 0.15) is 17.2 Å². The molecule has 0 unspecified atom stereocenters. The molecule has 3 aromatic rings. The molecule has 0 radical (unpaired) electrons. The van der Waals surface area contributed by atoms with Crippen molar-refractivity contribution < 1.29 is 18.7 Å². The highest BCUT2D eigenvalue weighted by molar-refractivity contribution is 6.04. The van der Waals surface area contributed by atoms with Gasteiger partial charge in [-0.2, -0.15) is 4.39 Å². The van der Waals surface area contributed by atoms with Crippen molar-refractivity contribution in [3.8, 4) is 17.2 Å². The first-order chi connectivity index (χ1) is 13.5. The van der Waals surface area contributed by atoms with Crippen LogP contribution in [0.25, 0.3) is 0 Å². The summed E-state index contributed by atoms with van der Waals surface area (Å²) in [5.74, 6) is 1.17. The summed E-state index contributed by atoms with van der Waals surface area (Å²) in [7, 11) is 0. The number of benzene rings is 2. The Morgan fingerprint density at radius 3 is 2.18 bits per heavy atom. The molecule has 5 nitrogen and oxygen atoms in total. The van der Waals surface area contributed by atoms with Crippen molar-refractivity contribution in [1.29, 1.82) is 0 Å². The molecule has 6 heteroatoms. The van der Waals surface area contributed by atoms with Crippen LogP contribution in [0.1, 0.15) is 29.4 Å². The van der Waals surface area contributed by atoms with Crippen molar-refractivity contribution in [3.05, 3.63) is 77.9 Å². The second-order valence-corrected chi connectivity index (χ2v) is 6.17. The highest BCUT2D eigenvalue weighted by atomic mass is 19.1. The van der Waals surface area contributed by atoms with E-state index in [4.69, 9.17) is 9.47 Å². The van der Waals surface area contributed by atoms with Crippen LogP contribution in [0.15, 0.2) is 60.7 Å². The Bertz CT molecular complexity index is 941. The fourth-order valence-corrected chi connectivity index (χ4v) is 2.54. The molecule has 0 saturated heterocycles. The van der Waals surface area contributed by atoms with E-state index in [0.717, 1.165) is 18.2 Å². The molecule has 0 aliphatic heterocycles. The van der Waals surface area contributed by atoms with Crippen LogP contribution in [-0.2, 0) is 0 Å². The van der Waals surface area contributed by atoms with E-state index in [0.29, 0.717) is 35.1 Å². The SMILES string of the molecule is CCCOc1ccc(Oc2ccc(NC(=O)c3ccc(F)nc3C)cc2)cc1. The van der Waals surface area contributed by atoms with Gasteiger partial charge in [0.2, 0.25) is 5.95 Å². The molecule has 3 rings (SSSR count). The second-order valence-electron chi connectivity index (χ2n) is 6.17. The summed E-state index contributed by atoms with van der Waals surface area (Å²) in [6, 6.07) is 17.0. The number of halogens is 1. The van der Waals surface area contributed by atoms with Crippen LogP contribution >= 0.6 is 0 Å². The highest BCUT2D eigenvalue weighted by Crippen LogP contribution is 2.25. The summed E-state index contributed by atoms with van der Waals surface area (Å²) in [5, 5.41) is 2.76. The Kier molecular flexibility index (Phi) is 6.22. The number of carbonyl (C=O) groups is 1. The van der Waals surface area contributed by atoms with E-state index in [1.807, 2.05) is 24.3 Å². The minimum atomic E-state index is -0.611. The van der Waals surface area contributed by atoms with Gasteiger partial charge in [-0.15, -0.1) is 0 Å². The van der Waals surface area contributed by atoms with Crippen LogP contribution in [0.4, 0.5) is 10.1 Å². The molecular weight excluding hydrogens is 359 g/mol. The first-order valence-corrected chi connectivity index (χ1v) is 9.00. The molecule has 0 saturated carbocycles. The third kappa shape index (κ3) is 5.07. The third-order valence-electron chi connectivity index (χ3n) is 3.94. The molecule has 1 heterocycles. The second kappa shape index (κ2) is 8.99. The molecule has 0 aliphatic carbocycles. The number of anilines is 1. The summed E-state index contributed by atoms with van der Waals surface area (Å²) in [5.41, 5.74) is 1.26. The van der Waals surface area contributed by atoms with E-state index in [9.17, 15) is 9.18 Å². The average Bonchev–Trinajstić information content (AvgIpc) is 2.69. The number of pyridine rings is 1. The van der Waals surface area contributed by atoms with Gasteiger partial charge in [-0.1, -0.05) is 6.92 Å². The number of amides is 1. The molecule has 1 amide bonds. The van der Waals surface area contributed by atoms with Gasteiger partial charge < -0.3 is 14.8 Å². The van der Waals surface area contributed by atoms with Crippen LogP contribution in [0, 0.1) is 12.9 Å². The van der Waals surface area contributed by atoms with E-state index in [1.54, 1.807) is 31.2 Å². The van der Waals surface area contributed by atoms with Crippen LogP contribution in [-0.4, -0.2) is 17.5 Å². The number of hydrogen-bond donors (Lipinski definition) is 1. The summed E-state index contributed by atoms with van der Waals surface area (Å²) >= 11 is 0. The van der Waals surface area contributed by atoms with Crippen LogP contribution < -0.4 is 14.8 Å². The Morgan fingerprint density at radius 2 is 1.57 bits per heavy atom. The lowest BCUT2D eigenvalue weighted by atomic mass is 10.2. The number of aromatic nitrogens is 1. The fourth-order valence-electron chi connectivity index (χ4n) is 2.54. The molecule has 0 aliphatic rings. The van der Waals surface area contributed by atoms with Crippen molar-refractivity contribution in [2.45, 2.75) is 20.3 Å². The Hall–Kier alpha value is -3.41. The summed E-state index contributed by atoms with van der Waals surface area (Å²) in [6.07, 6.45) is 0.957. The average molecular weight is 380 g/mol. The van der Waals surface area contributed by atoms with Crippen LogP contribution in [0.2, 0.25) is 0 Å². The topological polar surface area (TPSA) is 60.5 Å². The van der Waals surface area contributed by atoms with Crippen LogP contribution in [0.3, 0.4) is 0 Å². The molecule has 0 fully saturated rings. The van der Waals surface area contributed by atoms with E-state index in [1.165, 1.54) is 6.07 Å². The van der Waals surface area contributed by atoms with Gasteiger partial charge in [-0.05, 0) is 74.0 Å². The normalized spacial score (nSPS) is 10.4. The van der Waals surface area contributed by atoms with Crippen molar-refractivity contribution in [3.63, 3.8) is 0 Å². The third-order valence-corrected chi connectivity index (χ3v) is 3.94. The largest absolute Gasteiger partial charge is 0.494 e. The number of rotatable bonds is 7. The maximum Gasteiger partial charge on any atom is 0.257 e. The summed E-state index contributed by atoms with van der Waals surface area (Å²) < 4.78 is 24.4. The predicted molar refractivity (Wildman–Crippen MR) is 106 cm³/mol. The number of hydrogen-bond acceptors (Lipinski definition) is 4. The predicted octanol–water partition coefficient (Wildman–Crippen LogP) is 5.36. The van der Waals surface area contributed by atoms with Gasteiger partial charge in [0, 0.05) is 5.69 Å². The van der Waals surface area contributed by atoms with Gasteiger partial charge in [0.25, 0.3) is 5.91 Å². The zero-order chi connectivity index (χ0) is 19.9. The number of ether oxygens (including phenoxy) is 2. The first-order valence-electron chi connectivity index (χ1n) is 9.00. The Balaban J connectivity index is 1.61.